The molecule has 2 rings (SSSR count). The minimum absolute atomic E-state index is 0.710. The Hall–Kier alpha value is -2.01. The molecule has 1 aromatic heterocycles. The second-order valence-electron chi connectivity index (χ2n) is 4.30. The maximum atomic E-state index is 9.45. The summed E-state index contributed by atoms with van der Waals surface area (Å²) >= 11 is 5.82. The Bertz CT molecular complexity index is 553. The van der Waals surface area contributed by atoms with E-state index in [2.05, 4.69) is 10.4 Å². The lowest BCUT2D eigenvalue weighted by molar-refractivity contribution is -0.109. The fraction of sp³-hybridized carbons (Fsp3) is 0.333. The summed E-state index contributed by atoms with van der Waals surface area (Å²) in [6.45, 7) is 4.76. The highest BCUT2D eigenvalue weighted by Crippen LogP contribution is 2.22. The molecule has 2 aromatic rings. The van der Waals surface area contributed by atoms with Gasteiger partial charge in [-0.1, -0.05) is 18.5 Å². The van der Waals surface area contributed by atoms with Crippen LogP contribution in [0.3, 0.4) is 0 Å². The van der Waals surface area contributed by atoms with Gasteiger partial charge in [0.2, 0.25) is 12.3 Å². The Labute approximate surface area is 129 Å². The van der Waals surface area contributed by atoms with E-state index in [4.69, 9.17) is 16.3 Å². The predicted octanol–water partition coefficient (Wildman–Crippen LogP) is 2.99. The highest BCUT2D eigenvalue weighted by atomic mass is 35.5. The van der Waals surface area contributed by atoms with Crippen LogP contribution < -0.4 is 10.1 Å². The van der Waals surface area contributed by atoms with Gasteiger partial charge in [-0.25, -0.2) is 4.68 Å². The summed E-state index contributed by atoms with van der Waals surface area (Å²) in [5, 5.41) is 7.46. The molecule has 0 bridgehead atoms. The van der Waals surface area contributed by atoms with E-state index in [1.54, 1.807) is 18.0 Å². The summed E-state index contributed by atoms with van der Waals surface area (Å²) in [7, 11) is 1.64. The first-order valence-corrected chi connectivity index (χ1v) is 7.03. The molecule has 0 saturated heterocycles. The quantitative estimate of drug-likeness (QED) is 0.682. The molecular weight excluding hydrogens is 290 g/mol. The summed E-state index contributed by atoms with van der Waals surface area (Å²) < 4.78 is 7.01. The molecule has 5 nitrogen and oxygen atoms in total. The SMILES string of the molecule is CCCNC=O.COc1c(C)cnn1-c1ccc(Cl)cc1. The Morgan fingerprint density at radius 1 is 1.38 bits per heavy atom. The molecule has 0 saturated carbocycles. The molecule has 0 radical (unpaired) electrons. The third-order valence-corrected chi connectivity index (χ3v) is 2.89. The van der Waals surface area contributed by atoms with Crippen molar-refractivity contribution in [3.05, 3.63) is 41.0 Å². The normalized spacial score (nSPS) is 9.52. The Morgan fingerprint density at radius 2 is 2.05 bits per heavy atom. The number of carbonyl (C=O) groups is 1. The van der Waals surface area contributed by atoms with Gasteiger partial charge in [0, 0.05) is 17.1 Å². The van der Waals surface area contributed by atoms with Crippen molar-refractivity contribution in [1.82, 2.24) is 15.1 Å². The second-order valence-corrected chi connectivity index (χ2v) is 4.73. The van der Waals surface area contributed by atoms with Crippen molar-refractivity contribution in [2.45, 2.75) is 20.3 Å². The topological polar surface area (TPSA) is 56.1 Å². The number of aryl methyl sites for hydroxylation is 1. The van der Waals surface area contributed by atoms with Gasteiger partial charge < -0.3 is 10.1 Å². The number of halogens is 1. The van der Waals surface area contributed by atoms with E-state index in [0.29, 0.717) is 11.4 Å². The van der Waals surface area contributed by atoms with Crippen molar-refractivity contribution in [2.24, 2.45) is 0 Å². The zero-order valence-corrected chi connectivity index (χ0v) is 13.2. The van der Waals surface area contributed by atoms with Crippen LogP contribution in [0.5, 0.6) is 5.88 Å². The van der Waals surface area contributed by atoms with Crippen LogP contribution in [-0.2, 0) is 4.79 Å². The lowest BCUT2D eigenvalue weighted by Gasteiger charge is -2.06. The zero-order valence-electron chi connectivity index (χ0n) is 12.5. The third kappa shape index (κ3) is 5.11. The summed E-state index contributed by atoms with van der Waals surface area (Å²) in [6.07, 6.45) is 3.50. The smallest absolute Gasteiger partial charge is 0.219 e. The van der Waals surface area contributed by atoms with E-state index in [-0.39, 0.29) is 0 Å². The van der Waals surface area contributed by atoms with Gasteiger partial charge in [0.25, 0.3) is 0 Å². The van der Waals surface area contributed by atoms with Crippen molar-refractivity contribution < 1.29 is 9.53 Å². The van der Waals surface area contributed by atoms with Gasteiger partial charge in [-0.3, -0.25) is 4.79 Å². The molecule has 6 heteroatoms. The highest BCUT2D eigenvalue weighted by molar-refractivity contribution is 6.30. The molecule has 0 fully saturated rings. The molecule has 21 heavy (non-hydrogen) atoms. The van der Waals surface area contributed by atoms with Crippen LogP contribution in [-0.4, -0.2) is 29.8 Å². The number of hydrogen-bond acceptors (Lipinski definition) is 3. The van der Waals surface area contributed by atoms with Crippen LogP contribution in [0.25, 0.3) is 5.69 Å². The molecule has 1 aromatic carbocycles. The molecule has 0 aliphatic carbocycles. The average Bonchev–Trinajstić information content (AvgIpc) is 2.87. The molecule has 0 unspecified atom stereocenters. The summed E-state index contributed by atoms with van der Waals surface area (Å²) in [6, 6.07) is 7.45. The number of methoxy groups -OCH3 is 1. The monoisotopic (exact) mass is 309 g/mol. The first-order chi connectivity index (χ1) is 10.1. The van der Waals surface area contributed by atoms with E-state index in [1.165, 1.54) is 0 Å². The number of aromatic nitrogens is 2. The average molecular weight is 310 g/mol. The van der Waals surface area contributed by atoms with Gasteiger partial charge in [0.15, 0.2) is 0 Å². The minimum atomic E-state index is 0.710. The van der Waals surface area contributed by atoms with E-state index < -0.39 is 0 Å². The maximum Gasteiger partial charge on any atom is 0.219 e. The van der Waals surface area contributed by atoms with Gasteiger partial charge in [-0.15, -0.1) is 0 Å². The number of nitrogens with one attached hydrogen (secondary N) is 1. The van der Waals surface area contributed by atoms with Crippen LogP contribution in [0.1, 0.15) is 18.9 Å². The lowest BCUT2D eigenvalue weighted by atomic mass is 10.3. The molecule has 0 spiro atoms. The predicted molar refractivity (Wildman–Crippen MR) is 84.2 cm³/mol. The van der Waals surface area contributed by atoms with Crippen molar-refractivity contribution in [3.8, 4) is 11.6 Å². The van der Waals surface area contributed by atoms with Crippen molar-refractivity contribution in [3.63, 3.8) is 0 Å². The molecule has 1 amide bonds. The second kappa shape index (κ2) is 9.02. The minimum Gasteiger partial charge on any atom is -0.481 e. The van der Waals surface area contributed by atoms with E-state index >= 15 is 0 Å². The van der Waals surface area contributed by atoms with Crippen LogP contribution in [0.15, 0.2) is 30.5 Å². The molecule has 1 N–H and O–H groups in total. The summed E-state index contributed by atoms with van der Waals surface area (Å²) in [5.74, 6) is 0.748. The molecule has 1 heterocycles. The lowest BCUT2D eigenvalue weighted by Crippen LogP contribution is -2.10. The van der Waals surface area contributed by atoms with E-state index in [1.807, 2.05) is 38.1 Å². The van der Waals surface area contributed by atoms with Crippen molar-refractivity contribution >= 4 is 18.0 Å². The zero-order chi connectivity index (χ0) is 15.7. The third-order valence-electron chi connectivity index (χ3n) is 2.64. The molecule has 0 atom stereocenters. The van der Waals surface area contributed by atoms with Gasteiger partial charge in [0.1, 0.15) is 0 Å². The molecular formula is C15H20ClN3O2. The Balaban J connectivity index is 0.000000315. The van der Waals surface area contributed by atoms with Gasteiger partial charge in [-0.2, -0.15) is 5.10 Å². The number of rotatable bonds is 5. The number of amides is 1. The first kappa shape index (κ1) is 17.0. The van der Waals surface area contributed by atoms with E-state index in [0.717, 1.165) is 30.1 Å². The molecule has 114 valence electrons. The fourth-order valence-electron chi connectivity index (χ4n) is 1.64. The van der Waals surface area contributed by atoms with Crippen LogP contribution in [0.2, 0.25) is 5.02 Å². The fourth-order valence-corrected chi connectivity index (χ4v) is 1.76. The number of nitrogens with zero attached hydrogens (tertiary/aromatic N) is 2. The summed E-state index contributed by atoms with van der Waals surface area (Å²) in [5.41, 5.74) is 1.94. The van der Waals surface area contributed by atoms with Gasteiger partial charge in [0.05, 0.1) is 19.0 Å². The Morgan fingerprint density at radius 3 is 2.52 bits per heavy atom. The summed E-state index contributed by atoms with van der Waals surface area (Å²) in [4.78, 5) is 9.45. The van der Waals surface area contributed by atoms with Crippen LogP contribution >= 0.6 is 11.6 Å². The van der Waals surface area contributed by atoms with E-state index in [9.17, 15) is 4.79 Å². The number of carbonyl (C=O) groups excluding carboxylic acids is 1. The largest absolute Gasteiger partial charge is 0.481 e. The van der Waals surface area contributed by atoms with Crippen molar-refractivity contribution in [2.75, 3.05) is 13.7 Å². The van der Waals surface area contributed by atoms with Crippen LogP contribution in [0.4, 0.5) is 0 Å². The number of ether oxygens (including phenoxy) is 1. The first-order valence-electron chi connectivity index (χ1n) is 6.65. The standard InChI is InChI=1S/C11H11ClN2O.C4H9NO/c1-8-7-13-14(11(8)15-2)10-5-3-9(12)4-6-10;1-2-3-5-4-6/h3-7H,1-2H3;4H,2-3H2,1H3,(H,5,6). The van der Waals surface area contributed by atoms with Crippen LogP contribution in [0, 0.1) is 6.92 Å². The molecule has 0 aliphatic rings. The number of benzene rings is 1. The maximum absolute atomic E-state index is 9.45. The van der Waals surface area contributed by atoms with Crippen molar-refractivity contribution in [1.29, 1.82) is 0 Å². The van der Waals surface area contributed by atoms with Gasteiger partial charge >= 0.3 is 0 Å². The molecule has 0 aliphatic heterocycles. The number of hydrogen-bond donors (Lipinski definition) is 1. The van der Waals surface area contributed by atoms with Gasteiger partial charge in [-0.05, 0) is 37.6 Å². The highest BCUT2D eigenvalue weighted by Gasteiger charge is 2.08. The Kier molecular flexibility index (Phi) is 7.32.